The fraction of sp³-hybridized carbons (Fsp3) is 0.500. The first-order valence-corrected chi connectivity index (χ1v) is 5.18. The lowest BCUT2D eigenvalue weighted by Crippen LogP contribution is -2.31. The molecule has 1 fully saturated rings. The summed E-state index contributed by atoms with van der Waals surface area (Å²) in [5.41, 5.74) is 1.38. The molecular weight excluding hydrogens is 174 g/mol. The molecule has 1 aliphatic rings. The molecule has 2 nitrogen and oxygen atoms in total. The zero-order valence-electron chi connectivity index (χ0n) is 8.65. The second-order valence-electron chi connectivity index (χ2n) is 3.92. The SMILES string of the molecule is CN(Cc1ccccc1)[C@@H]1CCOC1. The van der Waals surface area contributed by atoms with Crippen LogP contribution in [0.4, 0.5) is 0 Å². The van der Waals surface area contributed by atoms with Crippen molar-refractivity contribution < 1.29 is 4.74 Å². The van der Waals surface area contributed by atoms with Crippen LogP contribution in [-0.2, 0) is 11.3 Å². The van der Waals surface area contributed by atoms with E-state index in [0.717, 1.165) is 19.8 Å². The Morgan fingerprint density at radius 2 is 2.14 bits per heavy atom. The van der Waals surface area contributed by atoms with Crippen LogP contribution < -0.4 is 0 Å². The summed E-state index contributed by atoms with van der Waals surface area (Å²) in [6, 6.07) is 11.2. The minimum Gasteiger partial charge on any atom is -0.380 e. The third kappa shape index (κ3) is 2.34. The Morgan fingerprint density at radius 1 is 1.36 bits per heavy atom. The molecule has 0 aromatic heterocycles. The van der Waals surface area contributed by atoms with Gasteiger partial charge in [-0.3, -0.25) is 4.90 Å². The Labute approximate surface area is 85.5 Å². The van der Waals surface area contributed by atoms with E-state index in [0.29, 0.717) is 6.04 Å². The zero-order chi connectivity index (χ0) is 9.80. The quantitative estimate of drug-likeness (QED) is 0.723. The largest absolute Gasteiger partial charge is 0.380 e. The van der Waals surface area contributed by atoms with Crippen molar-refractivity contribution in [2.24, 2.45) is 0 Å². The minimum atomic E-state index is 0.607. The maximum Gasteiger partial charge on any atom is 0.0622 e. The Balaban J connectivity index is 1.90. The fourth-order valence-corrected chi connectivity index (χ4v) is 1.87. The Kier molecular flexibility index (Phi) is 3.17. The molecule has 1 aliphatic heterocycles. The maximum absolute atomic E-state index is 5.37. The lowest BCUT2D eigenvalue weighted by molar-refractivity contribution is 0.156. The molecule has 1 aromatic carbocycles. The van der Waals surface area contributed by atoms with Gasteiger partial charge in [-0.1, -0.05) is 30.3 Å². The highest BCUT2D eigenvalue weighted by molar-refractivity contribution is 5.14. The van der Waals surface area contributed by atoms with Gasteiger partial charge in [0.15, 0.2) is 0 Å². The Morgan fingerprint density at radius 3 is 2.79 bits per heavy atom. The molecule has 1 aromatic rings. The third-order valence-electron chi connectivity index (χ3n) is 2.80. The first kappa shape index (κ1) is 9.69. The molecule has 2 heteroatoms. The van der Waals surface area contributed by atoms with Crippen LogP contribution in [0.1, 0.15) is 12.0 Å². The van der Waals surface area contributed by atoms with Crippen molar-refractivity contribution in [3.05, 3.63) is 35.9 Å². The number of nitrogens with zero attached hydrogens (tertiary/aromatic N) is 1. The van der Waals surface area contributed by atoms with Crippen molar-refractivity contribution in [2.75, 3.05) is 20.3 Å². The first-order chi connectivity index (χ1) is 6.86. The highest BCUT2D eigenvalue weighted by Gasteiger charge is 2.19. The van der Waals surface area contributed by atoms with E-state index in [4.69, 9.17) is 4.74 Å². The van der Waals surface area contributed by atoms with Crippen LogP contribution in [0, 0.1) is 0 Å². The van der Waals surface area contributed by atoms with Crippen molar-refractivity contribution in [3.63, 3.8) is 0 Å². The monoisotopic (exact) mass is 191 g/mol. The first-order valence-electron chi connectivity index (χ1n) is 5.18. The number of hydrogen-bond acceptors (Lipinski definition) is 2. The number of hydrogen-bond donors (Lipinski definition) is 0. The average Bonchev–Trinajstić information content (AvgIpc) is 2.72. The van der Waals surface area contributed by atoms with E-state index >= 15 is 0 Å². The summed E-state index contributed by atoms with van der Waals surface area (Å²) in [6.07, 6.45) is 1.17. The summed E-state index contributed by atoms with van der Waals surface area (Å²) >= 11 is 0. The molecular formula is C12H17NO. The van der Waals surface area contributed by atoms with Crippen molar-refractivity contribution in [3.8, 4) is 0 Å². The van der Waals surface area contributed by atoms with E-state index in [-0.39, 0.29) is 0 Å². The van der Waals surface area contributed by atoms with Gasteiger partial charge in [0.2, 0.25) is 0 Å². The molecule has 1 heterocycles. The van der Waals surface area contributed by atoms with Crippen molar-refractivity contribution in [1.29, 1.82) is 0 Å². The van der Waals surface area contributed by atoms with E-state index in [1.807, 2.05) is 0 Å². The lowest BCUT2D eigenvalue weighted by atomic mass is 10.2. The van der Waals surface area contributed by atoms with Gasteiger partial charge in [-0.15, -0.1) is 0 Å². The van der Waals surface area contributed by atoms with Crippen LogP contribution in [0.2, 0.25) is 0 Å². The summed E-state index contributed by atoms with van der Waals surface area (Å²) in [7, 11) is 2.17. The predicted octanol–water partition coefficient (Wildman–Crippen LogP) is 1.91. The van der Waals surface area contributed by atoms with Crippen LogP contribution in [0.25, 0.3) is 0 Å². The minimum absolute atomic E-state index is 0.607. The molecule has 1 saturated heterocycles. The van der Waals surface area contributed by atoms with Gasteiger partial charge < -0.3 is 4.74 Å². The molecule has 0 bridgehead atoms. The van der Waals surface area contributed by atoms with E-state index in [1.54, 1.807) is 0 Å². The number of ether oxygens (including phenoxy) is 1. The molecule has 0 saturated carbocycles. The van der Waals surface area contributed by atoms with Crippen LogP contribution in [0.3, 0.4) is 0 Å². The topological polar surface area (TPSA) is 12.5 Å². The van der Waals surface area contributed by atoms with Crippen LogP contribution in [0.15, 0.2) is 30.3 Å². The summed E-state index contributed by atoms with van der Waals surface area (Å²) in [6.45, 7) is 2.84. The molecule has 1 atom stereocenters. The van der Waals surface area contributed by atoms with E-state index in [9.17, 15) is 0 Å². The average molecular weight is 191 g/mol. The molecule has 14 heavy (non-hydrogen) atoms. The Bertz CT molecular complexity index is 267. The van der Waals surface area contributed by atoms with Gasteiger partial charge in [-0.2, -0.15) is 0 Å². The Hall–Kier alpha value is -0.860. The van der Waals surface area contributed by atoms with Gasteiger partial charge in [-0.05, 0) is 19.0 Å². The molecule has 76 valence electrons. The smallest absolute Gasteiger partial charge is 0.0622 e. The highest BCUT2D eigenvalue weighted by Crippen LogP contribution is 2.13. The standard InChI is InChI=1S/C12H17NO/c1-13(12-7-8-14-10-12)9-11-5-3-2-4-6-11/h2-6,12H,7-10H2,1H3/t12-/m1/s1. The molecule has 0 radical (unpaired) electrons. The number of likely N-dealkylation sites (N-methyl/N-ethyl adjacent to an activating group) is 1. The second kappa shape index (κ2) is 4.58. The van der Waals surface area contributed by atoms with Gasteiger partial charge in [-0.25, -0.2) is 0 Å². The summed E-state index contributed by atoms with van der Waals surface area (Å²) < 4.78 is 5.37. The van der Waals surface area contributed by atoms with Crippen LogP contribution in [-0.4, -0.2) is 31.2 Å². The van der Waals surface area contributed by atoms with Gasteiger partial charge >= 0.3 is 0 Å². The fourth-order valence-electron chi connectivity index (χ4n) is 1.87. The van der Waals surface area contributed by atoms with Gasteiger partial charge in [0.1, 0.15) is 0 Å². The lowest BCUT2D eigenvalue weighted by Gasteiger charge is -2.22. The van der Waals surface area contributed by atoms with E-state index in [1.165, 1.54) is 12.0 Å². The van der Waals surface area contributed by atoms with Gasteiger partial charge in [0.25, 0.3) is 0 Å². The third-order valence-corrected chi connectivity index (χ3v) is 2.80. The molecule has 0 aliphatic carbocycles. The number of rotatable bonds is 3. The van der Waals surface area contributed by atoms with E-state index < -0.39 is 0 Å². The normalized spacial score (nSPS) is 21.7. The summed E-state index contributed by atoms with van der Waals surface area (Å²) in [4.78, 5) is 2.38. The van der Waals surface area contributed by atoms with Crippen molar-refractivity contribution in [1.82, 2.24) is 4.90 Å². The summed E-state index contributed by atoms with van der Waals surface area (Å²) in [5.74, 6) is 0. The molecule has 0 N–H and O–H groups in total. The molecule has 0 spiro atoms. The molecule has 2 rings (SSSR count). The van der Waals surface area contributed by atoms with E-state index in [2.05, 4.69) is 42.3 Å². The van der Waals surface area contributed by atoms with Gasteiger partial charge in [0.05, 0.1) is 6.61 Å². The molecule has 0 amide bonds. The maximum atomic E-state index is 5.37. The zero-order valence-corrected chi connectivity index (χ0v) is 8.65. The molecule has 0 unspecified atom stereocenters. The second-order valence-corrected chi connectivity index (χ2v) is 3.92. The van der Waals surface area contributed by atoms with Gasteiger partial charge in [0, 0.05) is 19.2 Å². The van der Waals surface area contributed by atoms with Crippen molar-refractivity contribution >= 4 is 0 Å². The highest BCUT2D eigenvalue weighted by atomic mass is 16.5. The van der Waals surface area contributed by atoms with Crippen LogP contribution in [0.5, 0.6) is 0 Å². The summed E-state index contributed by atoms with van der Waals surface area (Å²) in [5, 5.41) is 0. The number of benzene rings is 1. The van der Waals surface area contributed by atoms with Crippen LogP contribution >= 0.6 is 0 Å². The predicted molar refractivity (Wildman–Crippen MR) is 57.1 cm³/mol. The van der Waals surface area contributed by atoms with Crippen molar-refractivity contribution in [2.45, 2.75) is 19.0 Å².